The molecule has 2 aliphatic heterocycles. The summed E-state index contributed by atoms with van der Waals surface area (Å²) in [6, 6.07) is 21.2. The molecule has 0 spiro atoms. The highest BCUT2D eigenvalue weighted by atomic mass is 32.2. The number of aromatic nitrogens is 3. The first-order valence-electron chi connectivity index (χ1n) is 12.8. The Morgan fingerprint density at radius 3 is 2.62 bits per heavy atom. The fourth-order valence-corrected chi connectivity index (χ4v) is 5.87. The van der Waals surface area contributed by atoms with E-state index < -0.39 is 6.36 Å². The number of thioether (sulfide) groups is 1. The molecule has 214 valence electrons. The summed E-state index contributed by atoms with van der Waals surface area (Å²) in [7, 11) is 0. The Labute approximate surface area is 248 Å². The molecule has 1 N–H and O–H groups in total. The number of hydrogen-bond donors (Lipinski definition) is 1. The standard InChI is InChI=1S/C29H23F3N6O2S2/c1-18-14-22-16-42-28(38(22)25-5-3-2-4-24(18)25)34-27(41)36-39-15-19-6-8-20(9-7-19)26-33-17-37(35-26)21-10-12-23(13-11-21)40-29(30,31)32/h2-14,17-18H,15-16H2,1H3,(H,36,41). The minimum Gasteiger partial charge on any atom is -0.406 e. The number of hydroxylamine groups is 1. The lowest BCUT2D eigenvalue weighted by atomic mass is 9.94. The van der Waals surface area contributed by atoms with Crippen LogP contribution in [-0.2, 0) is 11.4 Å². The van der Waals surface area contributed by atoms with Crippen LogP contribution in [0.5, 0.6) is 5.75 Å². The van der Waals surface area contributed by atoms with Gasteiger partial charge in [-0.25, -0.2) is 15.1 Å². The maximum atomic E-state index is 12.4. The van der Waals surface area contributed by atoms with E-state index in [0.29, 0.717) is 17.4 Å². The molecule has 0 saturated carbocycles. The molecule has 1 saturated heterocycles. The Morgan fingerprint density at radius 2 is 1.86 bits per heavy atom. The molecule has 4 aromatic rings. The Hall–Kier alpha value is -4.20. The molecular formula is C29H23F3N6O2S2. The number of anilines is 1. The van der Waals surface area contributed by atoms with E-state index in [9.17, 15) is 13.2 Å². The van der Waals surface area contributed by atoms with Gasteiger partial charge in [0.15, 0.2) is 11.0 Å². The molecule has 3 aromatic carbocycles. The fraction of sp³-hybridized carbons (Fsp3) is 0.172. The highest BCUT2D eigenvalue weighted by Crippen LogP contribution is 2.42. The number of nitrogens with one attached hydrogen (secondary N) is 1. The Kier molecular flexibility index (Phi) is 7.71. The van der Waals surface area contributed by atoms with Crippen LogP contribution in [0.1, 0.15) is 24.0 Å². The number of amidine groups is 1. The third-order valence-corrected chi connectivity index (χ3v) is 7.72. The molecule has 0 aliphatic carbocycles. The Morgan fingerprint density at radius 1 is 1.10 bits per heavy atom. The summed E-state index contributed by atoms with van der Waals surface area (Å²) in [5.41, 5.74) is 8.55. The molecule has 1 atom stereocenters. The second kappa shape index (κ2) is 11.6. The number of ether oxygens (including phenoxy) is 1. The summed E-state index contributed by atoms with van der Waals surface area (Å²) in [5, 5.41) is 5.47. The summed E-state index contributed by atoms with van der Waals surface area (Å²) in [4.78, 5) is 16.7. The van der Waals surface area contributed by atoms with Crippen molar-refractivity contribution in [2.75, 3.05) is 10.7 Å². The predicted octanol–water partition coefficient (Wildman–Crippen LogP) is 6.75. The van der Waals surface area contributed by atoms with Crippen molar-refractivity contribution in [1.82, 2.24) is 20.2 Å². The molecule has 0 amide bonds. The van der Waals surface area contributed by atoms with Crippen LogP contribution in [0.2, 0.25) is 0 Å². The van der Waals surface area contributed by atoms with Gasteiger partial charge in [0, 0.05) is 22.9 Å². The van der Waals surface area contributed by atoms with E-state index in [1.165, 1.54) is 46.5 Å². The summed E-state index contributed by atoms with van der Waals surface area (Å²) < 4.78 is 42.5. The van der Waals surface area contributed by atoms with Crippen LogP contribution in [0, 0.1) is 0 Å². The lowest BCUT2D eigenvalue weighted by molar-refractivity contribution is -0.274. The number of benzene rings is 3. The number of allylic oxidation sites excluding steroid dienone is 1. The van der Waals surface area contributed by atoms with E-state index in [0.717, 1.165) is 27.7 Å². The van der Waals surface area contributed by atoms with E-state index in [-0.39, 0.29) is 17.5 Å². The first kappa shape index (κ1) is 27.9. The van der Waals surface area contributed by atoms with Gasteiger partial charge in [0.05, 0.1) is 18.0 Å². The monoisotopic (exact) mass is 608 g/mol. The van der Waals surface area contributed by atoms with E-state index in [2.05, 4.69) is 55.3 Å². The highest BCUT2D eigenvalue weighted by Gasteiger charge is 2.33. The summed E-state index contributed by atoms with van der Waals surface area (Å²) >= 11 is 7.06. The van der Waals surface area contributed by atoms with Gasteiger partial charge in [-0.05, 0) is 53.7 Å². The summed E-state index contributed by atoms with van der Waals surface area (Å²) in [6.07, 6.45) is -0.989. The molecule has 6 rings (SSSR count). The van der Waals surface area contributed by atoms with Gasteiger partial charge >= 0.3 is 6.36 Å². The smallest absolute Gasteiger partial charge is 0.406 e. The average Bonchev–Trinajstić information content (AvgIpc) is 3.61. The number of hydrogen-bond acceptors (Lipinski definition) is 6. The topological polar surface area (TPSA) is 76.8 Å². The second-order valence-electron chi connectivity index (χ2n) is 9.47. The Bertz CT molecular complexity index is 1670. The van der Waals surface area contributed by atoms with Gasteiger partial charge in [-0.3, -0.25) is 9.74 Å². The van der Waals surface area contributed by atoms with E-state index >= 15 is 0 Å². The third-order valence-electron chi connectivity index (χ3n) is 6.57. The molecule has 0 bridgehead atoms. The normalized spacial score (nSPS) is 17.0. The van der Waals surface area contributed by atoms with Crippen molar-refractivity contribution < 1.29 is 22.7 Å². The van der Waals surface area contributed by atoms with Crippen LogP contribution >= 0.6 is 24.0 Å². The quantitative estimate of drug-likeness (QED) is 0.190. The van der Waals surface area contributed by atoms with Gasteiger partial charge < -0.3 is 4.74 Å². The van der Waals surface area contributed by atoms with Gasteiger partial charge in [-0.1, -0.05) is 67.2 Å². The SMILES string of the molecule is CC1C=C2CSC(=NC(=S)NOCc3ccc(-c4ncn(-c5ccc(OC(F)(F)F)cc5)n4)cc3)N2c2ccccc21. The zero-order valence-electron chi connectivity index (χ0n) is 22.1. The minimum atomic E-state index is -4.74. The van der Waals surface area contributed by atoms with Crippen LogP contribution in [-0.4, -0.2) is 37.2 Å². The number of halogens is 3. The maximum Gasteiger partial charge on any atom is 0.573 e. The van der Waals surface area contributed by atoms with E-state index in [1.54, 1.807) is 11.8 Å². The van der Waals surface area contributed by atoms with Crippen LogP contribution in [0.25, 0.3) is 17.1 Å². The van der Waals surface area contributed by atoms with Gasteiger partial charge in [0.2, 0.25) is 5.11 Å². The zero-order chi connectivity index (χ0) is 29.3. The molecule has 0 radical (unpaired) electrons. The van der Waals surface area contributed by atoms with Crippen molar-refractivity contribution in [1.29, 1.82) is 0 Å². The number of aliphatic imine (C=N–C) groups is 1. The lowest BCUT2D eigenvalue weighted by Crippen LogP contribution is -2.29. The first-order chi connectivity index (χ1) is 20.2. The summed E-state index contributed by atoms with van der Waals surface area (Å²) in [5.74, 6) is 1.34. The van der Waals surface area contributed by atoms with Gasteiger partial charge in [0.1, 0.15) is 12.1 Å². The second-order valence-corrected chi connectivity index (χ2v) is 10.8. The maximum absolute atomic E-state index is 12.4. The molecule has 2 aliphatic rings. The predicted molar refractivity (Wildman–Crippen MR) is 159 cm³/mol. The van der Waals surface area contributed by atoms with Crippen molar-refractivity contribution in [2.24, 2.45) is 4.99 Å². The highest BCUT2D eigenvalue weighted by molar-refractivity contribution is 8.14. The number of thiocarbonyl (C=S) groups is 1. The number of alkyl halides is 3. The molecule has 13 heteroatoms. The molecule has 42 heavy (non-hydrogen) atoms. The number of para-hydroxylation sites is 1. The van der Waals surface area contributed by atoms with E-state index in [1.807, 2.05) is 36.4 Å². The van der Waals surface area contributed by atoms with Gasteiger partial charge in [0.25, 0.3) is 0 Å². The lowest BCUT2D eigenvalue weighted by Gasteiger charge is -2.29. The van der Waals surface area contributed by atoms with Crippen molar-refractivity contribution >= 4 is 39.9 Å². The van der Waals surface area contributed by atoms with Crippen molar-refractivity contribution in [3.8, 4) is 22.8 Å². The van der Waals surface area contributed by atoms with Crippen molar-refractivity contribution in [2.45, 2.75) is 25.8 Å². The molecule has 3 heterocycles. The van der Waals surface area contributed by atoms with Crippen molar-refractivity contribution in [3.05, 3.63) is 102 Å². The van der Waals surface area contributed by atoms with Crippen LogP contribution in [0.4, 0.5) is 18.9 Å². The number of nitrogens with zero attached hydrogens (tertiary/aromatic N) is 5. The summed E-state index contributed by atoms with van der Waals surface area (Å²) in [6.45, 7) is 2.45. The van der Waals surface area contributed by atoms with Crippen molar-refractivity contribution in [3.63, 3.8) is 0 Å². The van der Waals surface area contributed by atoms with Gasteiger partial charge in [-0.15, -0.1) is 18.3 Å². The average molecular weight is 609 g/mol. The molecular weight excluding hydrogens is 585 g/mol. The molecule has 8 nitrogen and oxygen atoms in total. The number of rotatable bonds is 6. The fourth-order valence-electron chi connectivity index (χ4n) is 4.67. The van der Waals surface area contributed by atoms with Crippen LogP contribution in [0.15, 0.2) is 95.9 Å². The van der Waals surface area contributed by atoms with Crippen LogP contribution in [0.3, 0.4) is 0 Å². The Balaban J connectivity index is 1.04. The third kappa shape index (κ3) is 6.17. The van der Waals surface area contributed by atoms with E-state index in [4.69, 9.17) is 17.1 Å². The van der Waals surface area contributed by atoms with Gasteiger partial charge in [-0.2, -0.15) is 4.99 Å². The largest absolute Gasteiger partial charge is 0.573 e. The molecule has 1 fully saturated rings. The number of fused-ring (bicyclic) bond motifs is 3. The van der Waals surface area contributed by atoms with Crippen LogP contribution < -0.4 is 15.1 Å². The first-order valence-corrected chi connectivity index (χ1v) is 14.2. The molecule has 1 aromatic heterocycles. The zero-order valence-corrected chi connectivity index (χ0v) is 23.7. The minimum absolute atomic E-state index is 0.235. The molecule has 1 unspecified atom stereocenters.